The van der Waals surface area contributed by atoms with Crippen molar-refractivity contribution in [2.45, 2.75) is 25.4 Å². The van der Waals surface area contributed by atoms with Gasteiger partial charge >= 0.3 is 0 Å². The molecule has 1 amide bonds. The van der Waals surface area contributed by atoms with Crippen molar-refractivity contribution >= 4 is 23.1 Å². The van der Waals surface area contributed by atoms with Crippen molar-refractivity contribution in [3.05, 3.63) is 64.9 Å². The van der Waals surface area contributed by atoms with E-state index in [1.54, 1.807) is 18.3 Å². The molecule has 0 radical (unpaired) electrons. The number of hydrogen-bond acceptors (Lipinski definition) is 9. The van der Waals surface area contributed by atoms with Crippen LogP contribution in [0.4, 0.5) is 20.2 Å². The Morgan fingerprint density at radius 2 is 2.12 bits per heavy atom. The van der Waals surface area contributed by atoms with Gasteiger partial charge in [0.05, 0.1) is 36.6 Å². The lowest BCUT2D eigenvalue weighted by Gasteiger charge is -2.29. The molecular weight excluding hydrogens is 524 g/mol. The van der Waals surface area contributed by atoms with Gasteiger partial charge < -0.3 is 30.5 Å². The molecule has 5 rings (SSSR count). The number of carbonyl (C=O) groups is 1. The smallest absolute Gasteiger partial charge is 0.239 e. The van der Waals surface area contributed by atoms with E-state index in [1.165, 1.54) is 35.0 Å². The first-order chi connectivity index (χ1) is 19.4. The standard InChI is InChI=1S/C27H31F2N7O4/c1-39-23-10-19-21(11-24(23)40-9-8-34-7-3-4-18(34)15-37)31-16-36(22-6-2-5-20(28)26(22)29)27(19)33-17-12-32-35(13-17)14-25(30)38/h2,5-6,10-13,18,33,37H,3-4,7-9,14-16H2,1H3,(H2,30,38)/t18-/m0/s1. The van der Waals surface area contributed by atoms with Crippen LogP contribution in [0.1, 0.15) is 12.8 Å². The minimum Gasteiger partial charge on any atom is -0.493 e. The number of halogens is 2. The van der Waals surface area contributed by atoms with Crippen LogP contribution in [0.3, 0.4) is 0 Å². The van der Waals surface area contributed by atoms with E-state index in [0.29, 0.717) is 46.7 Å². The summed E-state index contributed by atoms with van der Waals surface area (Å²) in [5.41, 5.74) is 5.76. The van der Waals surface area contributed by atoms with E-state index in [9.17, 15) is 18.7 Å². The Morgan fingerprint density at radius 1 is 1.27 bits per heavy atom. The van der Waals surface area contributed by atoms with Gasteiger partial charge in [-0.05, 0) is 37.6 Å². The molecule has 1 saturated heterocycles. The molecule has 2 aliphatic heterocycles. The maximum atomic E-state index is 14.9. The van der Waals surface area contributed by atoms with Crippen LogP contribution in [0.2, 0.25) is 0 Å². The summed E-state index contributed by atoms with van der Waals surface area (Å²) >= 11 is 0. The van der Waals surface area contributed by atoms with E-state index in [-0.39, 0.29) is 31.5 Å². The highest BCUT2D eigenvalue weighted by atomic mass is 19.2. The number of benzene rings is 2. The minimum absolute atomic E-state index is 0.00947. The van der Waals surface area contributed by atoms with Crippen LogP contribution in [-0.2, 0) is 11.3 Å². The van der Waals surface area contributed by atoms with Crippen molar-refractivity contribution in [3.63, 3.8) is 0 Å². The van der Waals surface area contributed by atoms with Crippen LogP contribution < -0.4 is 36.0 Å². The number of primary amides is 1. The second kappa shape index (κ2) is 11.9. The second-order valence-electron chi connectivity index (χ2n) is 9.55. The number of nitrogens with two attached hydrogens (primary N) is 1. The molecule has 0 spiro atoms. The normalized spacial score (nSPS) is 16.9. The zero-order valence-corrected chi connectivity index (χ0v) is 22.0. The van der Waals surface area contributed by atoms with Gasteiger partial charge in [0.1, 0.15) is 25.6 Å². The molecule has 2 aromatic carbocycles. The number of ether oxygens (including phenoxy) is 2. The molecule has 0 aliphatic carbocycles. The Balaban J connectivity index is 1.51. The molecule has 2 aliphatic rings. The largest absolute Gasteiger partial charge is 0.493 e. The van der Waals surface area contributed by atoms with Crippen LogP contribution in [0.5, 0.6) is 11.5 Å². The summed E-state index contributed by atoms with van der Waals surface area (Å²) in [6.07, 6.45) is 5.08. The van der Waals surface area contributed by atoms with Crippen molar-refractivity contribution in [1.82, 2.24) is 14.7 Å². The number of rotatable bonds is 11. The average molecular weight is 556 g/mol. The van der Waals surface area contributed by atoms with Crippen molar-refractivity contribution in [3.8, 4) is 11.5 Å². The maximum Gasteiger partial charge on any atom is 0.239 e. The summed E-state index contributed by atoms with van der Waals surface area (Å²) in [7, 11) is 1.52. The Kier molecular flexibility index (Phi) is 8.12. The molecule has 1 fully saturated rings. The number of carbonyl (C=O) groups excluding carboxylic acids is 1. The lowest BCUT2D eigenvalue weighted by molar-refractivity contribution is -0.118. The number of anilines is 2. The highest BCUT2D eigenvalue weighted by Crippen LogP contribution is 2.29. The fraction of sp³-hybridized carbons (Fsp3) is 0.370. The fourth-order valence-electron chi connectivity index (χ4n) is 5.02. The SMILES string of the molecule is COc1cc2c(cc1OCCN1CCC[C@H]1CO)=NCN(c1cccc(F)c1F)C=2Nc1cnn(CC(N)=O)c1. The van der Waals surface area contributed by atoms with E-state index in [1.807, 2.05) is 0 Å². The molecule has 13 heteroatoms. The fourth-order valence-corrected chi connectivity index (χ4v) is 5.02. The number of nitrogens with one attached hydrogen (secondary N) is 1. The first-order valence-electron chi connectivity index (χ1n) is 12.9. The third-order valence-corrected chi connectivity index (χ3v) is 6.97. The van der Waals surface area contributed by atoms with Gasteiger partial charge in [-0.25, -0.2) is 8.78 Å². The van der Waals surface area contributed by atoms with Crippen LogP contribution >= 0.6 is 0 Å². The number of nitrogens with zero attached hydrogens (tertiary/aromatic N) is 5. The number of amides is 1. The van der Waals surface area contributed by atoms with Crippen LogP contribution in [0, 0.1) is 11.6 Å². The van der Waals surface area contributed by atoms with Crippen molar-refractivity contribution < 1.29 is 28.2 Å². The average Bonchev–Trinajstić information content (AvgIpc) is 3.58. The summed E-state index contributed by atoms with van der Waals surface area (Å²) in [5.74, 6) is -1.23. The number of aromatic nitrogens is 2. The molecule has 1 atom stereocenters. The van der Waals surface area contributed by atoms with Crippen LogP contribution in [0.25, 0.3) is 5.82 Å². The van der Waals surface area contributed by atoms with Crippen molar-refractivity contribution in [1.29, 1.82) is 0 Å². The highest BCUT2D eigenvalue weighted by Gasteiger charge is 2.25. The molecule has 0 bridgehead atoms. The molecule has 4 N–H and O–H groups in total. The Bertz CT molecular complexity index is 1510. The zero-order chi connectivity index (χ0) is 28.2. The van der Waals surface area contributed by atoms with Gasteiger partial charge in [0.15, 0.2) is 23.1 Å². The maximum absolute atomic E-state index is 14.9. The van der Waals surface area contributed by atoms with Gasteiger partial charge in [-0.15, -0.1) is 0 Å². The molecule has 11 nitrogen and oxygen atoms in total. The topological polar surface area (TPSA) is 130 Å². The number of methoxy groups -OCH3 is 1. The summed E-state index contributed by atoms with van der Waals surface area (Å²) in [4.78, 5) is 19.7. The van der Waals surface area contributed by atoms with Gasteiger partial charge in [0, 0.05) is 30.1 Å². The van der Waals surface area contributed by atoms with E-state index >= 15 is 0 Å². The van der Waals surface area contributed by atoms with Crippen LogP contribution in [-0.4, -0.2) is 71.8 Å². The predicted octanol–water partition coefficient (Wildman–Crippen LogP) is 0.766. The van der Waals surface area contributed by atoms with Crippen molar-refractivity contribution in [2.75, 3.05) is 50.3 Å². The molecule has 3 aromatic rings. The summed E-state index contributed by atoms with van der Waals surface area (Å²) < 4.78 is 42.2. The quantitative estimate of drug-likeness (QED) is 0.316. The molecule has 212 valence electrons. The number of likely N-dealkylation sites (tertiary alicyclic amines) is 1. The minimum atomic E-state index is -1.01. The number of fused-ring (bicyclic) bond motifs is 1. The molecule has 1 aromatic heterocycles. The number of aliphatic hydroxyl groups excluding tert-OH is 1. The third kappa shape index (κ3) is 5.70. The van der Waals surface area contributed by atoms with Gasteiger partial charge in [-0.2, -0.15) is 5.10 Å². The van der Waals surface area contributed by atoms with E-state index in [2.05, 4.69) is 20.3 Å². The van der Waals surface area contributed by atoms with Crippen LogP contribution in [0.15, 0.2) is 47.7 Å². The Morgan fingerprint density at radius 3 is 2.90 bits per heavy atom. The monoisotopic (exact) mass is 555 g/mol. The van der Waals surface area contributed by atoms with E-state index in [0.717, 1.165) is 25.5 Å². The Hall–Kier alpha value is -4.23. The zero-order valence-electron chi connectivity index (χ0n) is 22.0. The molecule has 0 saturated carbocycles. The summed E-state index contributed by atoms with van der Waals surface area (Å²) in [5, 5.41) is 18.0. The van der Waals surface area contributed by atoms with Gasteiger partial charge in [0.25, 0.3) is 0 Å². The molecule has 3 heterocycles. The summed E-state index contributed by atoms with van der Waals surface area (Å²) in [6, 6.07) is 7.55. The molecule has 0 unspecified atom stereocenters. The molecular formula is C27H31F2N7O4. The number of aliphatic hydroxyl groups is 1. The first-order valence-corrected chi connectivity index (χ1v) is 12.9. The number of hydrogen-bond donors (Lipinski definition) is 3. The van der Waals surface area contributed by atoms with Gasteiger partial charge in [-0.1, -0.05) is 6.07 Å². The second-order valence-corrected chi connectivity index (χ2v) is 9.55. The van der Waals surface area contributed by atoms with E-state index in [4.69, 9.17) is 15.2 Å². The van der Waals surface area contributed by atoms with E-state index < -0.39 is 17.5 Å². The molecule has 40 heavy (non-hydrogen) atoms. The highest BCUT2D eigenvalue weighted by molar-refractivity contribution is 5.78. The van der Waals surface area contributed by atoms with Gasteiger partial charge in [0.2, 0.25) is 5.91 Å². The summed E-state index contributed by atoms with van der Waals surface area (Å²) in [6.45, 7) is 1.96. The predicted molar refractivity (Wildman–Crippen MR) is 143 cm³/mol. The van der Waals surface area contributed by atoms with Crippen molar-refractivity contribution in [2.24, 2.45) is 10.7 Å². The lowest BCUT2D eigenvalue weighted by Crippen LogP contribution is -2.43. The third-order valence-electron chi connectivity index (χ3n) is 6.97. The first kappa shape index (κ1) is 27.3. The lowest BCUT2D eigenvalue weighted by atomic mass is 10.2. The van der Waals surface area contributed by atoms with Gasteiger partial charge in [-0.3, -0.25) is 19.4 Å². The Labute approximate surface area is 229 Å².